The highest BCUT2D eigenvalue weighted by Gasteiger charge is 2.21. The third kappa shape index (κ3) is 3.18. The van der Waals surface area contributed by atoms with Gasteiger partial charge in [0, 0.05) is 17.8 Å². The predicted molar refractivity (Wildman–Crippen MR) is 64.5 cm³/mol. The standard InChI is InChI=1S/C13H17N3O/c1-9-5-10(8-14)6-13(16-9)17-12-4-2-3-11(15)7-12/h5-6,11-12H,2-4,7,15H2,1H3. The maximum absolute atomic E-state index is 8.88. The summed E-state index contributed by atoms with van der Waals surface area (Å²) >= 11 is 0. The molecule has 2 atom stereocenters. The second-order valence-electron chi connectivity index (χ2n) is 4.61. The van der Waals surface area contributed by atoms with Crippen molar-refractivity contribution in [3.8, 4) is 11.9 Å². The molecule has 2 rings (SSSR count). The van der Waals surface area contributed by atoms with Gasteiger partial charge in [-0.2, -0.15) is 5.26 Å². The normalized spacial score (nSPS) is 24.1. The number of rotatable bonds is 2. The van der Waals surface area contributed by atoms with Crippen molar-refractivity contribution in [3.05, 3.63) is 23.4 Å². The van der Waals surface area contributed by atoms with Gasteiger partial charge in [0.1, 0.15) is 6.10 Å². The van der Waals surface area contributed by atoms with E-state index in [0.717, 1.165) is 31.4 Å². The van der Waals surface area contributed by atoms with Crippen LogP contribution in [0.25, 0.3) is 0 Å². The minimum Gasteiger partial charge on any atom is -0.474 e. The van der Waals surface area contributed by atoms with Gasteiger partial charge in [-0.05, 0) is 38.7 Å². The average molecular weight is 231 g/mol. The highest BCUT2D eigenvalue weighted by Crippen LogP contribution is 2.22. The molecule has 90 valence electrons. The molecule has 0 spiro atoms. The van der Waals surface area contributed by atoms with Crippen LogP contribution >= 0.6 is 0 Å². The van der Waals surface area contributed by atoms with Crippen LogP contribution in [0, 0.1) is 18.3 Å². The molecule has 1 saturated carbocycles. The maximum Gasteiger partial charge on any atom is 0.215 e. The Balaban J connectivity index is 2.07. The first-order valence-corrected chi connectivity index (χ1v) is 5.98. The Morgan fingerprint density at radius 1 is 1.47 bits per heavy atom. The van der Waals surface area contributed by atoms with Gasteiger partial charge < -0.3 is 10.5 Å². The van der Waals surface area contributed by atoms with Gasteiger partial charge >= 0.3 is 0 Å². The van der Waals surface area contributed by atoms with E-state index in [1.54, 1.807) is 12.1 Å². The van der Waals surface area contributed by atoms with Gasteiger partial charge in [-0.25, -0.2) is 4.98 Å². The van der Waals surface area contributed by atoms with Crippen molar-refractivity contribution in [2.45, 2.75) is 44.8 Å². The average Bonchev–Trinajstić information content (AvgIpc) is 2.28. The molecule has 1 heterocycles. The molecule has 1 aromatic heterocycles. The zero-order valence-corrected chi connectivity index (χ0v) is 10.0. The molecular weight excluding hydrogens is 214 g/mol. The van der Waals surface area contributed by atoms with Gasteiger partial charge in [-0.15, -0.1) is 0 Å². The first-order valence-electron chi connectivity index (χ1n) is 5.98. The van der Waals surface area contributed by atoms with Gasteiger partial charge in [0.05, 0.1) is 11.6 Å². The van der Waals surface area contributed by atoms with Crippen molar-refractivity contribution in [1.29, 1.82) is 5.26 Å². The molecule has 2 N–H and O–H groups in total. The van der Waals surface area contributed by atoms with E-state index in [1.807, 2.05) is 6.92 Å². The third-order valence-electron chi connectivity index (χ3n) is 3.01. The van der Waals surface area contributed by atoms with Crippen molar-refractivity contribution in [2.24, 2.45) is 5.73 Å². The number of aryl methyl sites for hydroxylation is 1. The molecule has 1 aromatic rings. The van der Waals surface area contributed by atoms with Crippen molar-refractivity contribution in [2.75, 3.05) is 0 Å². The molecule has 0 saturated heterocycles. The van der Waals surface area contributed by atoms with Gasteiger partial charge in [0.25, 0.3) is 0 Å². The Morgan fingerprint density at radius 2 is 2.29 bits per heavy atom. The van der Waals surface area contributed by atoms with Crippen LogP contribution in [0.4, 0.5) is 0 Å². The number of hydrogen-bond donors (Lipinski definition) is 1. The van der Waals surface area contributed by atoms with Crippen LogP contribution in [0.15, 0.2) is 12.1 Å². The third-order valence-corrected chi connectivity index (χ3v) is 3.01. The monoisotopic (exact) mass is 231 g/mol. The number of nitriles is 1. The van der Waals surface area contributed by atoms with Gasteiger partial charge in [0.2, 0.25) is 5.88 Å². The Kier molecular flexibility index (Phi) is 3.60. The Hall–Kier alpha value is -1.60. The summed E-state index contributed by atoms with van der Waals surface area (Å²) in [7, 11) is 0. The van der Waals surface area contributed by atoms with E-state index in [-0.39, 0.29) is 12.1 Å². The molecular formula is C13H17N3O. The zero-order valence-electron chi connectivity index (χ0n) is 10.0. The number of nitrogens with zero attached hydrogens (tertiary/aromatic N) is 2. The van der Waals surface area contributed by atoms with E-state index in [1.165, 1.54) is 0 Å². The number of pyridine rings is 1. The molecule has 1 fully saturated rings. The second kappa shape index (κ2) is 5.15. The number of ether oxygens (including phenoxy) is 1. The summed E-state index contributed by atoms with van der Waals surface area (Å²) in [5, 5.41) is 8.88. The number of hydrogen-bond acceptors (Lipinski definition) is 4. The van der Waals surface area contributed by atoms with E-state index in [9.17, 15) is 0 Å². The maximum atomic E-state index is 8.88. The zero-order chi connectivity index (χ0) is 12.3. The van der Waals surface area contributed by atoms with E-state index >= 15 is 0 Å². The largest absolute Gasteiger partial charge is 0.474 e. The summed E-state index contributed by atoms with van der Waals surface area (Å²) in [4.78, 5) is 4.29. The van der Waals surface area contributed by atoms with Crippen LogP contribution in [-0.2, 0) is 0 Å². The smallest absolute Gasteiger partial charge is 0.215 e. The summed E-state index contributed by atoms with van der Waals surface area (Å²) in [6.45, 7) is 1.86. The Labute approximate surface area is 101 Å². The highest BCUT2D eigenvalue weighted by atomic mass is 16.5. The van der Waals surface area contributed by atoms with E-state index in [0.29, 0.717) is 11.4 Å². The van der Waals surface area contributed by atoms with Gasteiger partial charge in [-0.3, -0.25) is 0 Å². The molecule has 4 nitrogen and oxygen atoms in total. The fraction of sp³-hybridized carbons (Fsp3) is 0.538. The lowest BCUT2D eigenvalue weighted by molar-refractivity contribution is 0.138. The molecule has 0 aliphatic heterocycles. The van der Waals surface area contributed by atoms with E-state index in [4.69, 9.17) is 15.7 Å². The molecule has 17 heavy (non-hydrogen) atoms. The lowest BCUT2D eigenvalue weighted by Crippen LogP contribution is -2.33. The lowest BCUT2D eigenvalue weighted by Gasteiger charge is -2.26. The fourth-order valence-corrected chi connectivity index (χ4v) is 2.22. The van der Waals surface area contributed by atoms with Crippen molar-refractivity contribution in [1.82, 2.24) is 4.98 Å². The minimum absolute atomic E-state index is 0.139. The topological polar surface area (TPSA) is 71.9 Å². The van der Waals surface area contributed by atoms with Crippen LogP contribution in [0.2, 0.25) is 0 Å². The first-order chi connectivity index (χ1) is 8.17. The molecule has 0 amide bonds. The summed E-state index contributed by atoms with van der Waals surface area (Å²) < 4.78 is 5.81. The summed E-state index contributed by atoms with van der Waals surface area (Å²) in [5.41, 5.74) is 7.31. The molecule has 1 aliphatic carbocycles. The molecule has 4 heteroatoms. The SMILES string of the molecule is Cc1cc(C#N)cc(OC2CCCC(N)C2)n1. The quantitative estimate of drug-likeness (QED) is 0.843. The molecule has 2 unspecified atom stereocenters. The summed E-state index contributed by atoms with van der Waals surface area (Å²) in [6.07, 6.45) is 4.20. The van der Waals surface area contributed by atoms with Crippen molar-refractivity contribution < 1.29 is 4.74 Å². The second-order valence-corrected chi connectivity index (χ2v) is 4.61. The minimum atomic E-state index is 0.139. The molecule has 0 bridgehead atoms. The van der Waals surface area contributed by atoms with Crippen LogP contribution < -0.4 is 10.5 Å². The number of aromatic nitrogens is 1. The predicted octanol–water partition coefficient (Wildman–Crippen LogP) is 1.91. The molecule has 1 aliphatic rings. The fourth-order valence-electron chi connectivity index (χ4n) is 2.22. The lowest BCUT2D eigenvalue weighted by atomic mass is 9.94. The first kappa shape index (κ1) is 11.9. The highest BCUT2D eigenvalue weighted by molar-refractivity contribution is 5.34. The molecule has 0 aromatic carbocycles. The van der Waals surface area contributed by atoms with Crippen molar-refractivity contribution >= 4 is 0 Å². The Morgan fingerprint density at radius 3 is 3.00 bits per heavy atom. The van der Waals surface area contributed by atoms with Crippen LogP contribution in [0.1, 0.15) is 36.9 Å². The van der Waals surface area contributed by atoms with E-state index < -0.39 is 0 Å². The van der Waals surface area contributed by atoms with Gasteiger partial charge in [-0.1, -0.05) is 0 Å². The summed E-state index contributed by atoms with van der Waals surface area (Å²) in [6, 6.07) is 5.78. The number of nitrogens with two attached hydrogens (primary N) is 1. The van der Waals surface area contributed by atoms with E-state index in [2.05, 4.69) is 11.1 Å². The molecule has 0 radical (unpaired) electrons. The summed E-state index contributed by atoms with van der Waals surface area (Å²) in [5.74, 6) is 0.542. The van der Waals surface area contributed by atoms with Crippen molar-refractivity contribution in [3.63, 3.8) is 0 Å². The van der Waals surface area contributed by atoms with Gasteiger partial charge in [0.15, 0.2) is 0 Å². The van der Waals surface area contributed by atoms with Crippen LogP contribution in [0.3, 0.4) is 0 Å². The van der Waals surface area contributed by atoms with Crippen LogP contribution in [0.5, 0.6) is 5.88 Å². The van der Waals surface area contributed by atoms with Crippen LogP contribution in [-0.4, -0.2) is 17.1 Å². The Bertz CT molecular complexity index is 439.